The molecule has 0 saturated carbocycles. The summed E-state index contributed by atoms with van der Waals surface area (Å²) in [4.78, 5) is 4.41. The van der Waals surface area contributed by atoms with Crippen LogP contribution < -0.4 is 5.32 Å². The molecule has 1 aliphatic heterocycles. The Labute approximate surface area is 137 Å². The van der Waals surface area contributed by atoms with Gasteiger partial charge in [0.2, 0.25) is 0 Å². The van der Waals surface area contributed by atoms with Crippen LogP contribution in [0.15, 0.2) is 42.6 Å². The molecule has 3 heterocycles. The van der Waals surface area contributed by atoms with Gasteiger partial charge >= 0.3 is 0 Å². The van der Waals surface area contributed by atoms with Crippen molar-refractivity contribution in [3.05, 3.63) is 58.2 Å². The van der Waals surface area contributed by atoms with Gasteiger partial charge in [0, 0.05) is 23.3 Å². The van der Waals surface area contributed by atoms with E-state index in [9.17, 15) is 0 Å². The van der Waals surface area contributed by atoms with E-state index in [4.69, 9.17) is 28.3 Å². The number of aromatic nitrogens is 3. The van der Waals surface area contributed by atoms with E-state index in [0.717, 1.165) is 41.4 Å². The van der Waals surface area contributed by atoms with Gasteiger partial charge in [0.15, 0.2) is 0 Å². The second kappa shape index (κ2) is 5.30. The number of halogens is 2. The van der Waals surface area contributed by atoms with Gasteiger partial charge in [0.1, 0.15) is 11.5 Å². The molecule has 0 bridgehead atoms. The van der Waals surface area contributed by atoms with Crippen LogP contribution in [0.3, 0.4) is 0 Å². The molecule has 0 atom stereocenters. The van der Waals surface area contributed by atoms with E-state index in [1.165, 1.54) is 0 Å². The van der Waals surface area contributed by atoms with Crippen molar-refractivity contribution in [2.75, 3.05) is 11.9 Å². The van der Waals surface area contributed by atoms with Gasteiger partial charge < -0.3 is 5.32 Å². The van der Waals surface area contributed by atoms with Crippen molar-refractivity contribution < 1.29 is 0 Å². The van der Waals surface area contributed by atoms with Gasteiger partial charge in [-0.05, 0) is 36.8 Å². The lowest BCUT2D eigenvalue weighted by Crippen LogP contribution is -2.05. The molecular weight excluding hydrogens is 319 g/mol. The number of hydrogen-bond acceptors (Lipinski definition) is 3. The first-order chi connectivity index (χ1) is 10.7. The number of benzene rings is 1. The number of hydrogen-bond donors (Lipinski definition) is 1. The number of nitrogens with zero attached hydrogens (tertiary/aromatic N) is 3. The van der Waals surface area contributed by atoms with Crippen molar-refractivity contribution in [3.63, 3.8) is 0 Å². The molecule has 0 saturated heterocycles. The van der Waals surface area contributed by atoms with Crippen LogP contribution in [0.2, 0.25) is 10.0 Å². The number of anilines is 1. The van der Waals surface area contributed by atoms with Crippen molar-refractivity contribution in [2.24, 2.45) is 0 Å². The van der Waals surface area contributed by atoms with E-state index in [2.05, 4.69) is 10.3 Å². The summed E-state index contributed by atoms with van der Waals surface area (Å²) in [6.45, 7) is 0.880. The molecule has 6 heteroatoms. The lowest BCUT2D eigenvalue weighted by atomic mass is 10.1. The second-order valence-electron chi connectivity index (χ2n) is 5.08. The molecular formula is C16H12Cl2N4. The normalized spacial score (nSPS) is 13.0. The quantitative estimate of drug-likeness (QED) is 0.765. The van der Waals surface area contributed by atoms with Gasteiger partial charge in [0.25, 0.3) is 0 Å². The summed E-state index contributed by atoms with van der Waals surface area (Å²) in [5.41, 5.74) is 3.67. The molecule has 1 N–H and O–H groups in total. The Hall–Kier alpha value is -2.04. The molecule has 22 heavy (non-hydrogen) atoms. The summed E-state index contributed by atoms with van der Waals surface area (Å²) < 4.78 is 1.82. The summed E-state index contributed by atoms with van der Waals surface area (Å²) >= 11 is 12.4. The first-order valence-corrected chi connectivity index (χ1v) is 7.72. The molecule has 4 nitrogen and oxygen atoms in total. The largest absolute Gasteiger partial charge is 0.369 e. The smallest absolute Gasteiger partial charge is 0.133 e. The summed E-state index contributed by atoms with van der Waals surface area (Å²) in [5, 5.41) is 9.33. The zero-order valence-corrected chi connectivity index (χ0v) is 13.1. The van der Waals surface area contributed by atoms with E-state index in [1.807, 2.05) is 28.9 Å². The van der Waals surface area contributed by atoms with E-state index >= 15 is 0 Å². The third-order valence-corrected chi connectivity index (χ3v) is 4.25. The maximum absolute atomic E-state index is 6.32. The van der Waals surface area contributed by atoms with Crippen LogP contribution in [0.4, 0.5) is 5.82 Å². The van der Waals surface area contributed by atoms with E-state index in [-0.39, 0.29) is 0 Å². The van der Waals surface area contributed by atoms with Gasteiger partial charge in [-0.3, -0.25) is 4.98 Å². The topological polar surface area (TPSA) is 42.7 Å². The Morgan fingerprint density at radius 2 is 2.05 bits per heavy atom. The molecule has 0 aliphatic carbocycles. The van der Waals surface area contributed by atoms with Crippen LogP contribution in [0, 0.1) is 0 Å². The van der Waals surface area contributed by atoms with Crippen molar-refractivity contribution in [1.29, 1.82) is 0 Å². The van der Waals surface area contributed by atoms with Crippen molar-refractivity contribution in [2.45, 2.75) is 6.42 Å². The monoisotopic (exact) mass is 330 g/mol. The second-order valence-corrected chi connectivity index (χ2v) is 5.92. The molecule has 3 aromatic rings. The highest BCUT2D eigenvalue weighted by Crippen LogP contribution is 2.36. The Morgan fingerprint density at radius 1 is 1.14 bits per heavy atom. The summed E-state index contributed by atoms with van der Waals surface area (Å²) in [6, 6.07) is 11.2. The highest BCUT2D eigenvalue weighted by molar-refractivity contribution is 6.34. The molecule has 0 radical (unpaired) electrons. The SMILES string of the molecule is Clc1ccc(Cl)c(-n2nc(-c3ccccn3)c3c2NCC3)c1. The Balaban J connectivity index is 1.94. The molecule has 110 valence electrons. The minimum atomic E-state index is 0.607. The number of nitrogens with one attached hydrogen (secondary N) is 1. The maximum atomic E-state index is 6.32. The zero-order valence-electron chi connectivity index (χ0n) is 11.6. The van der Waals surface area contributed by atoms with Crippen LogP contribution in [0.5, 0.6) is 0 Å². The van der Waals surface area contributed by atoms with Crippen molar-refractivity contribution in [3.8, 4) is 17.1 Å². The van der Waals surface area contributed by atoms with Crippen LogP contribution in [-0.4, -0.2) is 21.3 Å². The average Bonchev–Trinajstić information content (AvgIpc) is 3.13. The van der Waals surface area contributed by atoms with Gasteiger partial charge in [-0.25, -0.2) is 4.68 Å². The highest BCUT2D eigenvalue weighted by atomic mass is 35.5. The Morgan fingerprint density at radius 3 is 2.86 bits per heavy atom. The highest BCUT2D eigenvalue weighted by Gasteiger charge is 2.25. The zero-order chi connectivity index (χ0) is 15.1. The third-order valence-electron chi connectivity index (χ3n) is 3.69. The fraction of sp³-hybridized carbons (Fsp3) is 0.125. The van der Waals surface area contributed by atoms with Gasteiger partial charge in [-0.2, -0.15) is 5.10 Å². The molecule has 0 fully saturated rings. The molecule has 0 amide bonds. The average molecular weight is 331 g/mol. The van der Waals surface area contributed by atoms with E-state index in [1.54, 1.807) is 18.3 Å². The minimum Gasteiger partial charge on any atom is -0.369 e. The van der Waals surface area contributed by atoms with Crippen LogP contribution in [0.25, 0.3) is 17.1 Å². The van der Waals surface area contributed by atoms with Crippen molar-refractivity contribution >= 4 is 29.0 Å². The van der Waals surface area contributed by atoms with Crippen LogP contribution >= 0.6 is 23.2 Å². The molecule has 0 spiro atoms. The first kappa shape index (κ1) is 13.6. The van der Waals surface area contributed by atoms with Crippen molar-refractivity contribution in [1.82, 2.24) is 14.8 Å². The van der Waals surface area contributed by atoms with Gasteiger partial charge in [-0.15, -0.1) is 0 Å². The van der Waals surface area contributed by atoms with Gasteiger partial charge in [0.05, 0.1) is 16.4 Å². The maximum Gasteiger partial charge on any atom is 0.133 e. The third kappa shape index (κ3) is 2.16. The summed E-state index contributed by atoms with van der Waals surface area (Å²) in [6.07, 6.45) is 2.69. The minimum absolute atomic E-state index is 0.607. The predicted molar refractivity (Wildman–Crippen MR) is 89.0 cm³/mol. The standard InChI is InChI=1S/C16H12Cl2N4/c17-10-4-5-12(18)14(9-10)22-16-11(6-8-20-16)15(21-22)13-3-1-2-7-19-13/h1-5,7,9,20H,6,8H2. The Bertz CT molecular complexity index is 843. The lowest BCUT2D eigenvalue weighted by Gasteiger charge is -2.08. The predicted octanol–water partition coefficient (Wildman–Crippen LogP) is 4.21. The molecule has 1 aromatic carbocycles. The van der Waals surface area contributed by atoms with Crippen LogP contribution in [-0.2, 0) is 6.42 Å². The molecule has 2 aromatic heterocycles. The number of rotatable bonds is 2. The van der Waals surface area contributed by atoms with Crippen LogP contribution in [0.1, 0.15) is 5.56 Å². The number of fused-ring (bicyclic) bond motifs is 1. The number of pyridine rings is 1. The fourth-order valence-corrected chi connectivity index (χ4v) is 3.07. The van der Waals surface area contributed by atoms with E-state index < -0.39 is 0 Å². The Kier molecular flexibility index (Phi) is 3.28. The fourth-order valence-electron chi connectivity index (χ4n) is 2.71. The molecule has 4 rings (SSSR count). The van der Waals surface area contributed by atoms with Gasteiger partial charge in [-0.1, -0.05) is 29.3 Å². The van der Waals surface area contributed by atoms with E-state index in [0.29, 0.717) is 10.0 Å². The lowest BCUT2D eigenvalue weighted by molar-refractivity contribution is 0.880. The summed E-state index contributed by atoms with van der Waals surface area (Å²) in [7, 11) is 0. The molecule has 0 unspecified atom stereocenters. The summed E-state index contributed by atoms with van der Waals surface area (Å²) in [5.74, 6) is 0.963. The molecule has 1 aliphatic rings. The first-order valence-electron chi connectivity index (χ1n) is 6.96.